The molecule has 1 nitrogen and oxygen atoms in total. The molecular formula is C15H14BrClFN. The fourth-order valence-electron chi connectivity index (χ4n) is 2.05. The molecule has 0 amide bonds. The zero-order valence-electron chi connectivity index (χ0n) is 10.5. The maximum atomic E-state index is 13.1. The molecule has 1 unspecified atom stereocenters. The van der Waals surface area contributed by atoms with E-state index < -0.39 is 0 Å². The summed E-state index contributed by atoms with van der Waals surface area (Å²) in [6, 6.07) is 12.6. The molecule has 19 heavy (non-hydrogen) atoms. The number of benzene rings is 2. The van der Waals surface area contributed by atoms with Gasteiger partial charge in [-0.2, -0.15) is 0 Å². The third-order valence-electron chi connectivity index (χ3n) is 3.02. The summed E-state index contributed by atoms with van der Waals surface area (Å²) in [5, 5.41) is 3.98. The Morgan fingerprint density at radius 2 is 2.05 bits per heavy atom. The quantitative estimate of drug-likeness (QED) is 0.846. The van der Waals surface area contributed by atoms with Crippen molar-refractivity contribution in [2.45, 2.75) is 12.5 Å². The summed E-state index contributed by atoms with van der Waals surface area (Å²) in [5.74, 6) is -0.242. The smallest absolute Gasteiger partial charge is 0.124 e. The van der Waals surface area contributed by atoms with Gasteiger partial charge in [-0.25, -0.2) is 4.39 Å². The molecule has 0 aromatic heterocycles. The average Bonchev–Trinajstić information content (AvgIpc) is 2.37. The van der Waals surface area contributed by atoms with E-state index in [2.05, 4.69) is 21.2 Å². The van der Waals surface area contributed by atoms with Gasteiger partial charge in [-0.3, -0.25) is 0 Å². The summed E-state index contributed by atoms with van der Waals surface area (Å²) in [4.78, 5) is 0. The Hall–Kier alpha value is -0.900. The van der Waals surface area contributed by atoms with Crippen LogP contribution in [0.3, 0.4) is 0 Å². The number of likely N-dealkylation sites (N-methyl/N-ethyl adjacent to an activating group) is 1. The fourth-order valence-corrected chi connectivity index (χ4v) is 2.89. The first-order chi connectivity index (χ1) is 9.10. The van der Waals surface area contributed by atoms with Crippen LogP contribution in [0, 0.1) is 5.82 Å². The van der Waals surface area contributed by atoms with Gasteiger partial charge in [-0.15, -0.1) is 0 Å². The zero-order valence-corrected chi connectivity index (χ0v) is 12.8. The standard InChI is InChI=1S/C15H14BrClFN/c1-19-15(8-10-3-2-4-11(17)7-10)13-6-5-12(18)9-14(13)16/h2-7,9,15,19H,8H2,1H3. The molecule has 0 heterocycles. The molecule has 0 aliphatic rings. The molecule has 0 spiro atoms. The predicted octanol–water partition coefficient (Wildman–Crippen LogP) is 4.74. The topological polar surface area (TPSA) is 12.0 Å². The molecule has 2 aromatic carbocycles. The summed E-state index contributed by atoms with van der Waals surface area (Å²) in [5.41, 5.74) is 2.17. The lowest BCUT2D eigenvalue weighted by Crippen LogP contribution is -2.19. The molecule has 0 radical (unpaired) electrons. The second-order valence-electron chi connectivity index (χ2n) is 4.34. The van der Waals surface area contributed by atoms with E-state index in [9.17, 15) is 4.39 Å². The van der Waals surface area contributed by atoms with Crippen LogP contribution in [0.5, 0.6) is 0 Å². The van der Waals surface area contributed by atoms with Crippen molar-refractivity contribution >= 4 is 27.5 Å². The van der Waals surface area contributed by atoms with Crippen LogP contribution < -0.4 is 5.32 Å². The molecule has 0 aliphatic carbocycles. The Balaban J connectivity index is 2.25. The summed E-state index contributed by atoms with van der Waals surface area (Å²) in [7, 11) is 1.89. The molecule has 2 aromatic rings. The van der Waals surface area contributed by atoms with Gasteiger partial charge in [-0.1, -0.05) is 45.7 Å². The van der Waals surface area contributed by atoms with E-state index in [0.717, 1.165) is 27.0 Å². The molecule has 0 fully saturated rings. The third-order valence-corrected chi connectivity index (χ3v) is 3.94. The second-order valence-corrected chi connectivity index (χ2v) is 5.63. The van der Waals surface area contributed by atoms with Gasteiger partial charge in [0.1, 0.15) is 5.82 Å². The highest BCUT2D eigenvalue weighted by atomic mass is 79.9. The van der Waals surface area contributed by atoms with Crippen LogP contribution in [0.15, 0.2) is 46.9 Å². The number of nitrogens with one attached hydrogen (secondary N) is 1. The summed E-state index contributed by atoms with van der Waals surface area (Å²) in [6.45, 7) is 0. The van der Waals surface area contributed by atoms with Crippen molar-refractivity contribution in [3.8, 4) is 0 Å². The highest BCUT2D eigenvalue weighted by Gasteiger charge is 2.14. The molecule has 0 saturated heterocycles. The van der Waals surface area contributed by atoms with Crippen LogP contribution in [0.4, 0.5) is 4.39 Å². The van der Waals surface area contributed by atoms with Gasteiger partial charge in [0.2, 0.25) is 0 Å². The highest BCUT2D eigenvalue weighted by molar-refractivity contribution is 9.10. The Morgan fingerprint density at radius 1 is 1.26 bits per heavy atom. The maximum Gasteiger partial charge on any atom is 0.124 e. The second kappa shape index (κ2) is 6.51. The highest BCUT2D eigenvalue weighted by Crippen LogP contribution is 2.27. The van der Waals surface area contributed by atoms with Crippen LogP contribution in [0.1, 0.15) is 17.2 Å². The van der Waals surface area contributed by atoms with Gasteiger partial charge in [0.25, 0.3) is 0 Å². The van der Waals surface area contributed by atoms with E-state index in [1.54, 1.807) is 6.07 Å². The number of halogens is 3. The lowest BCUT2D eigenvalue weighted by atomic mass is 9.99. The molecule has 0 aliphatic heterocycles. The van der Waals surface area contributed by atoms with Crippen molar-refractivity contribution in [1.29, 1.82) is 0 Å². The maximum absolute atomic E-state index is 13.1. The van der Waals surface area contributed by atoms with Crippen molar-refractivity contribution < 1.29 is 4.39 Å². The zero-order chi connectivity index (χ0) is 13.8. The third kappa shape index (κ3) is 3.78. The van der Waals surface area contributed by atoms with E-state index in [1.165, 1.54) is 12.1 Å². The number of rotatable bonds is 4. The minimum absolute atomic E-state index is 0.105. The number of hydrogen-bond acceptors (Lipinski definition) is 1. The van der Waals surface area contributed by atoms with Crippen molar-refractivity contribution in [3.63, 3.8) is 0 Å². The van der Waals surface area contributed by atoms with Gasteiger partial charge in [0.15, 0.2) is 0 Å². The van der Waals surface area contributed by atoms with E-state index >= 15 is 0 Å². The minimum Gasteiger partial charge on any atom is -0.313 e. The normalized spacial score (nSPS) is 12.4. The monoisotopic (exact) mass is 341 g/mol. The fraction of sp³-hybridized carbons (Fsp3) is 0.200. The van der Waals surface area contributed by atoms with E-state index in [1.807, 2.05) is 31.3 Å². The first-order valence-corrected chi connectivity index (χ1v) is 7.14. The molecule has 0 saturated carbocycles. The van der Waals surface area contributed by atoms with Crippen LogP contribution >= 0.6 is 27.5 Å². The largest absolute Gasteiger partial charge is 0.313 e. The van der Waals surface area contributed by atoms with Crippen LogP contribution in [0.2, 0.25) is 5.02 Å². The van der Waals surface area contributed by atoms with Gasteiger partial charge >= 0.3 is 0 Å². The first-order valence-electron chi connectivity index (χ1n) is 5.97. The molecule has 2 rings (SSSR count). The Bertz CT molecular complexity index is 574. The van der Waals surface area contributed by atoms with Crippen molar-refractivity contribution in [2.24, 2.45) is 0 Å². The molecule has 0 bridgehead atoms. The van der Waals surface area contributed by atoms with Crippen molar-refractivity contribution in [2.75, 3.05) is 7.05 Å². The molecule has 4 heteroatoms. The Labute approximate surface area is 125 Å². The van der Waals surface area contributed by atoms with E-state index in [-0.39, 0.29) is 11.9 Å². The van der Waals surface area contributed by atoms with Gasteiger partial charge in [0, 0.05) is 15.5 Å². The lowest BCUT2D eigenvalue weighted by molar-refractivity contribution is 0.583. The Morgan fingerprint density at radius 3 is 2.68 bits per heavy atom. The lowest BCUT2D eigenvalue weighted by Gasteiger charge is -2.18. The van der Waals surface area contributed by atoms with Gasteiger partial charge < -0.3 is 5.32 Å². The SMILES string of the molecule is CNC(Cc1cccc(Cl)c1)c1ccc(F)cc1Br. The minimum atomic E-state index is -0.242. The summed E-state index contributed by atoms with van der Waals surface area (Å²) >= 11 is 9.40. The van der Waals surface area contributed by atoms with E-state index in [0.29, 0.717) is 0 Å². The van der Waals surface area contributed by atoms with Crippen molar-refractivity contribution in [3.05, 3.63) is 68.9 Å². The van der Waals surface area contributed by atoms with Gasteiger partial charge in [-0.05, 0) is 48.9 Å². The van der Waals surface area contributed by atoms with Crippen LogP contribution in [-0.2, 0) is 6.42 Å². The van der Waals surface area contributed by atoms with Crippen LogP contribution in [0.25, 0.3) is 0 Å². The first kappa shape index (κ1) is 14.5. The van der Waals surface area contributed by atoms with Crippen molar-refractivity contribution in [1.82, 2.24) is 5.32 Å². The summed E-state index contributed by atoms with van der Waals surface area (Å²) < 4.78 is 13.9. The average molecular weight is 343 g/mol. The van der Waals surface area contributed by atoms with Gasteiger partial charge in [0.05, 0.1) is 0 Å². The summed E-state index contributed by atoms with van der Waals surface area (Å²) in [6.07, 6.45) is 0.793. The van der Waals surface area contributed by atoms with E-state index in [4.69, 9.17) is 11.6 Å². The molecule has 1 atom stereocenters. The Kier molecular flexibility index (Phi) is 4.97. The molecule has 100 valence electrons. The molecule has 1 N–H and O–H groups in total. The predicted molar refractivity (Wildman–Crippen MR) is 81.1 cm³/mol. The number of hydrogen-bond donors (Lipinski definition) is 1. The molecular weight excluding hydrogens is 329 g/mol. The van der Waals surface area contributed by atoms with Crippen LogP contribution in [-0.4, -0.2) is 7.05 Å².